The molecule has 0 unspecified atom stereocenters. The Kier molecular flexibility index (Phi) is 4.74. The number of hydrogen-bond acceptors (Lipinski definition) is 3. The second-order valence-corrected chi connectivity index (χ2v) is 4.28. The zero-order chi connectivity index (χ0) is 14.4. The van der Waals surface area contributed by atoms with Gasteiger partial charge in [0.2, 0.25) is 0 Å². The largest absolute Gasteiger partial charge is 0.490 e. The van der Waals surface area contributed by atoms with E-state index in [0.717, 1.165) is 0 Å². The number of aromatic nitrogens is 1. The van der Waals surface area contributed by atoms with Crippen molar-refractivity contribution in [1.82, 2.24) is 4.98 Å². The van der Waals surface area contributed by atoms with Crippen LogP contribution >= 0.6 is 11.6 Å². The maximum absolute atomic E-state index is 12.1. The molecule has 0 spiro atoms. The molecule has 5 heteroatoms. The standard InChI is InChI=1S/C15H13ClN2O2/c1-2-9-20-12-6-3-5-11(10-12)15(19)18-13-7-4-8-17-14(13)16/h2-8,10H,1,9H2,(H,18,19). The Morgan fingerprint density at radius 1 is 1.40 bits per heavy atom. The van der Waals surface area contributed by atoms with E-state index in [1.807, 2.05) is 0 Å². The number of halogens is 1. The molecule has 0 aliphatic rings. The highest BCUT2D eigenvalue weighted by atomic mass is 35.5. The maximum Gasteiger partial charge on any atom is 0.255 e. The normalized spacial score (nSPS) is 9.85. The van der Waals surface area contributed by atoms with E-state index in [-0.39, 0.29) is 11.1 Å². The van der Waals surface area contributed by atoms with Crippen LogP contribution in [0.15, 0.2) is 55.3 Å². The van der Waals surface area contributed by atoms with E-state index in [2.05, 4.69) is 16.9 Å². The van der Waals surface area contributed by atoms with Gasteiger partial charge in [0, 0.05) is 11.8 Å². The van der Waals surface area contributed by atoms with Gasteiger partial charge in [-0.1, -0.05) is 30.3 Å². The number of anilines is 1. The van der Waals surface area contributed by atoms with Crippen LogP contribution in [0, 0.1) is 0 Å². The fourth-order valence-corrected chi connectivity index (χ4v) is 1.72. The second kappa shape index (κ2) is 6.73. The molecule has 1 amide bonds. The van der Waals surface area contributed by atoms with Crippen molar-refractivity contribution >= 4 is 23.2 Å². The number of amides is 1. The number of ether oxygens (including phenoxy) is 1. The molecule has 0 bridgehead atoms. The molecule has 1 N–H and O–H groups in total. The predicted octanol–water partition coefficient (Wildman–Crippen LogP) is 3.55. The molecule has 0 aliphatic heterocycles. The van der Waals surface area contributed by atoms with Crippen molar-refractivity contribution < 1.29 is 9.53 Å². The van der Waals surface area contributed by atoms with E-state index in [4.69, 9.17) is 16.3 Å². The summed E-state index contributed by atoms with van der Waals surface area (Å²) in [5.74, 6) is 0.332. The highest BCUT2D eigenvalue weighted by Gasteiger charge is 2.09. The van der Waals surface area contributed by atoms with Crippen molar-refractivity contribution in [3.63, 3.8) is 0 Å². The molecule has 0 aliphatic carbocycles. The zero-order valence-electron chi connectivity index (χ0n) is 10.7. The van der Waals surface area contributed by atoms with Crippen LogP contribution in [-0.2, 0) is 0 Å². The minimum absolute atomic E-state index is 0.250. The van der Waals surface area contributed by atoms with Crippen LogP contribution in [0.2, 0.25) is 5.15 Å². The summed E-state index contributed by atoms with van der Waals surface area (Å²) in [5, 5.41) is 2.95. The van der Waals surface area contributed by atoms with Gasteiger partial charge >= 0.3 is 0 Å². The molecule has 0 atom stereocenters. The van der Waals surface area contributed by atoms with E-state index >= 15 is 0 Å². The van der Waals surface area contributed by atoms with Gasteiger partial charge in [0.15, 0.2) is 5.15 Å². The van der Waals surface area contributed by atoms with Crippen LogP contribution in [0.5, 0.6) is 5.75 Å². The SMILES string of the molecule is C=CCOc1cccc(C(=O)Nc2cccnc2Cl)c1. The van der Waals surface area contributed by atoms with Gasteiger partial charge in [-0.05, 0) is 30.3 Å². The molecular weight excluding hydrogens is 276 g/mol. The lowest BCUT2D eigenvalue weighted by Gasteiger charge is -2.08. The van der Waals surface area contributed by atoms with Crippen LogP contribution in [0.3, 0.4) is 0 Å². The summed E-state index contributed by atoms with van der Waals surface area (Å²) >= 11 is 5.89. The molecule has 0 fully saturated rings. The van der Waals surface area contributed by atoms with Crippen LogP contribution in [0.25, 0.3) is 0 Å². The van der Waals surface area contributed by atoms with Crippen molar-refractivity contribution in [2.75, 3.05) is 11.9 Å². The second-order valence-electron chi connectivity index (χ2n) is 3.92. The number of carbonyl (C=O) groups excluding carboxylic acids is 1. The fraction of sp³-hybridized carbons (Fsp3) is 0.0667. The minimum Gasteiger partial charge on any atom is -0.490 e. The lowest BCUT2D eigenvalue weighted by molar-refractivity contribution is 0.102. The Morgan fingerprint density at radius 2 is 2.25 bits per heavy atom. The van der Waals surface area contributed by atoms with Crippen molar-refractivity contribution in [1.29, 1.82) is 0 Å². The van der Waals surface area contributed by atoms with Crippen molar-refractivity contribution in [3.8, 4) is 5.75 Å². The van der Waals surface area contributed by atoms with Gasteiger partial charge in [0.1, 0.15) is 12.4 Å². The van der Waals surface area contributed by atoms with Gasteiger partial charge in [0.25, 0.3) is 5.91 Å². The van der Waals surface area contributed by atoms with Gasteiger partial charge < -0.3 is 10.1 Å². The molecule has 2 aromatic rings. The molecule has 0 saturated heterocycles. The molecule has 1 aromatic heterocycles. The maximum atomic E-state index is 12.1. The first-order valence-corrected chi connectivity index (χ1v) is 6.34. The van der Waals surface area contributed by atoms with Gasteiger partial charge in [-0.15, -0.1) is 0 Å². The molecule has 2 rings (SSSR count). The summed E-state index contributed by atoms with van der Waals surface area (Å²) in [4.78, 5) is 16.0. The van der Waals surface area contributed by atoms with Crippen LogP contribution in [0.4, 0.5) is 5.69 Å². The average Bonchev–Trinajstić information content (AvgIpc) is 2.48. The molecule has 0 saturated carbocycles. The number of rotatable bonds is 5. The van der Waals surface area contributed by atoms with Crippen molar-refractivity contribution in [2.45, 2.75) is 0 Å². The van der Waals surface area contributed by atoms with Gasteiger partial charge in [-0.25, -0.2) is 4.98 Å². The average molecular weight is 289 g/mol. The van der Waals surface area contributed by atoms with E-state index in [1.54, 1.807) is 48.7 Å². The number of pyridine rings is 1. The van der Waals surface area contributed by atoms with Crippen LogP contribution < -0.4 is 10.1 Å². The topological polar surface area (TPSA) is 51.2 Å². The Hall–Kier alpha value is -2.33. The lowest BCUT2D eigenvalue weighted by Crippen LogP contribution is -2.12. The Labute approximate surface area is 122 Å². The molecule has 102 valence electrons. The zero-order valence-corrected chi connectivity index (χ0v) is 11.4. The number of benzene rings is 1. The number of hydrogen-bond donors (Lipinski definition) is 1. The van der Waals surface area contributed by atoms with Crippen LogP contribution in [0.1, 0.15) is 10.4 Å². The first-order chi connectivity index (χ1) is 9.70. The van der Waals surface area contributed by atoms with Crippen LogP contribution in [-0.4, -0.2) is 17.5 Å². The van der Waals surface area contributed by atoms with Gasteiger partial charge in [0.05, 0.1) is 5.69 Å². The summed E-state index contributed by atoms with van der Waals surface area (Å²) < 4.78 is 5.38. The Bertz CT molecular complexity index is 629. The van der Waals surface area contributed by atoms with E-state index in [0.29, 0.717) is 23.6 Å². The lowest BCUT2D eigenvalue weighted by atomic mass is 10.2. The molecule has 20 heavy (non-hydrogen) atoms. The summed E-state index contributed by atoms with van der Waals surface area (Å²) in [7, 11) is 0. The number of nitrogens with one attached hydrogen (secondary N) is 1. The third-order valence-electron chi connectivity index (χ3n) is 2.47. The van der Waals surface area contributed by atoms with Gasteiger partial charge in [-0.3, -0.25) is 4.79 Å². The van der Waals surface area contributed by atoms with E-state index in [9.17, 15) is 4.79 Å². The molecule has 1 heterocycles. The predicted molar refractivity (Wildman–Crippen MR) is 79.3 cm³/mol. The van der Waals surface area contributed by atoms with Crippen molar-refractivity contribution in [2.24, 2.45) is 0 Å². The first kappa shape index (κ1) is 14.1. The fourth-order valence-electron chi connectivity index (χ4n) is 1.56. The van der Waals surface area contributed by atoms with E-state index in [1.165, 1.54) is 0 Å². The summed E-state index contributed by atoms with van der Waals surface area (Å²) in [6, 6.07) is 10.3. The minimum atomic E-state index is -0.274. The summed E-state index contributed by atoms with van der Waals surface area (Å²) in [5.41, 5.74) is 0.947. The Morgan fingerprint density at radius 3 is 3.00 bits per heavy atom. The molecular formula is C15H13ClN2O2. The van der Waals surface area contributed by atoms with E-state index < -0.39 is 0 Å². The smallest absolute Gasteiger partial charge is 0.255 e. The number of carbonyl (C=O) groups is 1. The highest BCUT2D eigenvalue weighted by Crippen LogP contribution is 2.19. The Balaban J connectivity index is 2.13. The third kappa shape index (κ3) is 3.59. The first-order valence-electron chi connectivity index (χ1n) is 5.96. The summed E-state index contributed by atoms with van der Waals surface area (Å²) in [6.07, 6.45) is 3.20. The van der Waals surface area contributed by atoms with Crippen molar-refractivity contribution in [3.05, 3.63) is 66.0 Å². The quantitative estimate of drug-likeness (QED) is 0.676. The highest BCUT2D eigenvalue weighted by molar-refractivity contribution is 6.32. The molecule has 4 nitrogen and oxygen atoms in total. The van der Waals surface area contributed by atoms with Gasteiger partial charge in [-0.2, -0.15) is 0 Å². The molecule has 1 aromatic carbocycles. The number of nitrogens with zero attached hydrogens (tertiary/aromatic N) is 1. The summed E-state index contributed by atoms with van der Waals surface area (Å²) in [6.45, 7) is 3.96. The monoisotopic (exact) mass is 288 g/mol. The third-order valence-corrected chi connectivity index (χ3v) is 2.77. The molecule has 0 radical (unpaired) electrons.